The van der Waals surface area contributed by atoms with Crippen molar-refractivity contribution in [3.8, 4) is 5.75 Å². The predicted molar refractivity (Wildman–Crippen MR) is 96.7 cm³/mol. The minimum Gasteiger partial charge on any atom is -0.495 e. The van der Waals surface area contributed by atoms with Crippen molar-refractivity contribution in [1.29, 1.82) is 0 Å². The Hall–Kier alpha value is -2.28. The number of hydrogen-bond donors (Lipinski definition) is 2. The van der Waals surface area contributed by atoms with Crippen LogP contribution in [0.15, 0.2) is 18.2 Å². The normalized spacial score (nSPS) is 21.2. The molecule has 1 saturated heterocycles. The molecule has 1 saturated carbocycles. The molecule has 0 unspecified atom stereocenters. The summed E-state index contributed by atoms with van der Waals surface area (Å²) in [7, 11) is 2.82. The van der Waals surface area contributed by atoms with Gasteiger partial charge in [0.05, 0.1) is 43.7 Å². The van der Waals surface area contributed by atoms with E-state index in [0.29, 0.717) is 23.6 Å². The van der Waals surface area contributed by atoms with Crippen molar-refractivity contribution in [3.05, 3.63) is 23.8 Å². The number of ether oxygens (including phenoxy) is 3. The zero-order valence-electron chi connectivity index (χ0n) is 15.3. The topological polar surface area (TPSA) is 85.9 Å². The number of nitrogens with one attached hydrogen (secondary N) is 2. The molecule has 26 heavy (non-hydrogen) atoms. The summed E-state index contributed by atoms with van der Waals surface area (Å²) in [4.78, 5) is 24.1. The van der Waals surface area contributed by atoms with Crippen molar-refractivity contribution in [3.63, 3.8) is 0 Å². The van der Waals surface area contributed by atoms with Crippen molar-refractivity contribution >= 4 is 17.7 Å². The standard InChI is InChI=1S/C19H26N2O5/c1-24-16-7-6-13(17(22)25-2)10-15(16)21-18(23)20-14-11-19(26-12-14)8-4-3-5-9-19/h6-7,10,14H,3-5,8-9,11-12H2,1-2H3,(H2,20,21,23)/t14-/m1/s1. The Labute approximate surface area is 153 Å². The minimum absolute atomic E-state index is 0.0112. The molecule has 1 aliphatic carbocycles. The molecule has 2 N–H and O–H groups in total. The second-order valence-corrected chi connectivity index (χ2v) is 6.96. The monoisotopic (exact) mass is 362 g/mol. The van der Waals surface area contributed by atoms with E-state index >= 15 is 0 Å². The number of carbonyl (C=O) groups excluding carboxylic acids is 2. The Morgan fingerprint density at radius 1 is 1.19 bits per heavy atom. The molecule has 0 radical (unpaired) electrons. The van der Waals surface area contributed by atoms with Crippen molar-refractivity contribution in [1.82, 2.24) is 5.32 Å². The molecule has 2 amide bonds. The summed E-state index contributed by atoms with van der Waals surface area (Å²) in [6.07, 6.45) is 6.64. The Morgan fingerprint density at radius 2 is 1.96 bits per heavy atom. The van der Waals surface area contributed by atoms with Gasteiger partial charge in [-0.25, -0.2) is 9.59 Å². The van der Waals surface area contributed by atoms with Gasteiger partial charge in [0.2, 0.25) is 0 Å². The van der Waals surface area contributed by atoms with Crippen LogP contribution in [0.1, 0.15) is 48.9 Å². The number of benzene rings is 1. The molecular formula is C19H26N2O5. The van der Waals surface area contributed by atoms with Gasteiger partial charge in [-0.3, -0.25) is 0 Å². The lowest BCUT2D eigenvalue weighted by Gasteiger charge is -2.32. The van der Waals surface area contributed by atoms with Crippen molar-refractivity contribution < 1.29 is 23.8 Å². The first-order valence-electron chi connectivity index (χ1n) is 9.03. The number of esters is 1. The molecular weight excluding hydrogens is 336 g/mol. The quantitative estimate of drug-likeness (QED) is 0.804. The zero-order valence-corrected chi connectivity index (χ0v) is 15.3. The van der Waals surface area contributed by atoms with Crippen LogP contribution < -0.4 is 15.4 Å². The van der Waals surface area contributed by atoms with Crippen LogP contribution in [-0.2, 0) is 9.47 Å². The summed E-state index contributed by atoms with van der Waals surface area (Å²) in [5.41, 5.74) is 0.701. The number of urea groups is 1. The largest absolute Gasteiger partial charge is 0.495 e. The van der Waals surface area contributed by atoms with Gasteiger partial charge in [0.15, 0.2) is 0 Å². The van der Waals surface area contributed by atoms with Gasteiger partial charge in [0, 0.05) is 0 Å². The average molecular weight is 362 g/mol. The number of methoxy groups -OCH3 is 2. The Kier molecular flexibility index (Phi) is 5.66. The van der Waals surface area contributed by atoms with Gasteiger partial charge in [-0.15, -0.1) is 0 Å². The molecule has 0 aromatic heterocycles. The fourth-order valence-corrected chi connectivity index (χ4v) is 3.88. The molecule has 1 atom stereocenters. The highest BCUT2D eigenvalue weighted by molar-refractivity contribution is 5.95. The first-order valence-corrected chi connectivity index (χ1v) is 9.03. The highest BCUT2D eigenvalue weighted by Crippen LogP contribution is 2.39. The molecule has 1 aromatic rings. The summed E-state index contributed by atoms with van der Waals surface area (Å²) >= 11 is 0. The number of rotatable bonds is 4. The van der Waals surface area contributed by atoms with Crippen molar-refractivity contribution in [2.75, 3.05) is 26.1 Å². The van der Waals surface area contributed by atoms with Crippen LogP contribution in [-0.4, -0.2) is 44.5 Å². The van der Waals surface area contributed by atoms with Gasteiger partial charge in [0.1, 0.15) is 5.75 Å². The second kappa shape index (κ2) is 7.95. The summed E-state index contributed by atoms with van der Waals surface area (Å²) in [5.74, 6) is -0.00114. The highest BCUT2D eigenvalue weighted by Gasteiger charge is 2.41. The molecule has 1 spiro atoms. The molecule has 3 rings (SSSR count). The van der Waals surface area contributed by atoms with Gasteiger partial charge in [-0.05, 0) is 37.5 Å². The van der Waals surface area contributed by atoms with E-state index in [1.807, 2.05) is 0 Å². The fraction of sp³-hybridized carbons (Fsp3) is 0.579. The number of anilines is 1. The van der Waals surface area contributed by atoms with Crippen LogP contribution in [0.2, 0.25) is 0 Å². The minimum atomic E-state index is -0.473. The third kappa shape index (κ3) is 4.09. The zero-order chi connectivity index (χ0) is 18.6. The average Bonchev–Trinajstić information content (AvgIpc) is 3.03. The first-order chi connectivity index (χ1) is 12.5. The van der Waals surface area contributed by atoms with Gasteiger partial charge in [-0.1, -0.05) is 19.3 Å². The molecule has 7 heteroatoms. The molecule has 2 aliphatic rings. The van der Waals surface area contributed by atoms with Crippen LogP contribution in [0, 0.1) is 0 Å². The summed E-state index contributed by atoms with van der Waals surface area (Å²) < 4.78 is 16.0. The van der Waals surface area contributed by atoms with E-state index in [1.165, 1.54) is 39.5 Å². The lowest BCUT2D eigenvalue weighted by molar-refractivity contribution is -0.0245. The predicted octanol–water partition coefficient (Wildman–Crippen LogP) is 3.10. The van der Waals surface area contributed by atoms with Gasteiger partial charge >= 0.3 is 12.0 Å². The van der Waals surface area contributed by atoms with Gasteiger partial charge in [0.25, 0.3) is 0 Å². The van der Waals surface area contributed by atoms with E-state index in [1.54, 1.807) is 12.1 Å². The second-order valence-electron chi connectivity index (χ2n) is 6.96. The van der Waals surface area contributed by atoms with Gasteiger partial charge < -0.3 is 24.8 Å². The maximum absolute atomic E-state index is 12.4. The van der Waals surface area contributed by atoms with E-state index in [0.717, 1.165) is 19.3 Å². The molecule has 1 aliphatic heterocycles. The van der Waals surface area contributed by atoms with E-state index in [4.69, 9.17) is 14.2 Å². The van der Waals surface area contributed by atoms with Crippen LogP contribution in [0.25, 0.3) is 0 Å². The first kappa shape index (κ1) is 18.5. The Balaban J connectivity index is 1.62. The van der Waals surface area contributed by atoms with E-state index < -0.39 is 5.97 Å². The molecule has 142 valence electrons. The lowest BCUT2D eigenvalue weighted by atomic mass is 9.82. The van der Waals surface area contributed by atoms with Crippen LogP contribution >= 0.6 is 0 Å². The molecule has 1 aromatic carbocycles. The lowest BCUT2D eigenvalue weighted by Crippen LogP contribution is -2.39. The SMILES string of the molecule is COC(=O)c1ccc(OC)c(NC(=O)N[C@H]2COC3(CCCCC3)C2)c1. The van der Waals surface area contributed by atoms with Crippen molar-refractivity contribution in [2.24, 2.45) is 0 Å². The molecule has 2 fully saturated rings. The maximum Gasteiger partial charge on any atom is 0.337 e. The maximum atomic E-state index is 12.4. The van der Waals surface area contributed by atoms with Crippen LogP contribution in [0.4, 0.5) is 10.5 Å². The Morgan fingerprint density at radius 3 is 2.65 bits per heavy atom. The molecule has 7 nitrogen and oxygen atoms in total. The van der Waals surface area contributed by atoms with E-state index in [9.17, 15) is 9.59 Å². The third-order valence-electron chi connectivity index (χ3n) is 5.18. The Bertz CT molecular complexity index is 670. The summed E-state index contributed by atoms with van der Waals surface area (Å²) in [6.45, 7) is 0.534. The number of amides is 2. The summed E-state index contributed by atoms with van der Waals surface area (Å²) in [5, 5.41) is 5.73. The fourth-order valence-electron chi connectivity index (χ4n) is 3.88. The number of carbonyl (C=O) groups is 2. The smallest absolute Gasteiger partial charge is 0.337 e. The summed E-state index contributed by atoms with van der Waals surface area (Å²) in [6, 6.07) is 4.40. The highest BCUT2D eigenvalue weighted by atomic mass is 16.5. The van der Waals surface area contributed by atoms with E-state index in [2.05, 4.69) is 10.6 Å². The number of hydrogen-bond acceptors (Lipinski definition) is 5. The van der Waals surface area contributed by atoms with Crippen molar-refractivity contribution in [2.45, 2.75) is 50.2 Å². The van der Waals surface area contributed by atoms with E-state index in [-0.39, 0.29) is 17.7 Å². The van der Waals surface area contributed by atoms with Crippen LogP contribution in [0.5, 0.6) is 5.75 Å². The third-order valence-corrected chi connectivity index (χ3v) is 5.18. The molecule has 1 heterocycles. The van der Waals surface area contributed by atoms with Crippen LogP contribution in [0.3, 0.4) is 0 Å². The van der Waals surface area contributed by atoms with Gasteiger partial charge in [-0.2, -0.15) is 0 Å². The molecule has 0 bridgehead atoms.